The van der Waals surface area contributed by atoms with Crippen molar-refractivity contribution in [1.82, 2.24) is 0 Å². The molecule has 3 heteroatoms. The highest BCUT2D eigenvalue weighted by molar-refractivity contribution is 5.76. The maximum atomic E-state index is 10.4. The fraction of sp³-hybridized carbons (Fsp3) is 0.857. The fourth-order valence-electron chi connectivity index (χ4n) is 0.329. The van der Waals surface area contributed by atoms with Crippen LogP contribution in [0, 0.1) is 11.8 Å². The van der Waals surface area contributed by atoms with Crippen molar-refractivity contribution in [2.24, 2.45) is 23.3 Å². The molecule has 0 aromatic rings. The van der Waals surface area contributed by atoms with Crippen molar-refractivity contribution in [2.75, 3.05) is 7.05 Å². The molecule has 0 unspecified atom stereocenters. The van der Waals surface area contributed by atoms with Crippen LogP contribution in [0.1, 0.15) is 20.8 Å². The van der Waals surface area contributed by atoms with Gasteiger partial charge in [0.1, 0.15) is 0 Å². The van der Waals surface area contributed by atoms with Crippen LogP contribution in [-0.4, -0.2) is 13.0 Å². The lowest BCUT2D eigenvalue weighted by Crippen LogP contribution is -2.24. The Hall–Kier alpha value is -0.570. The number of hydrogen-bond acceptors (Lipinski definition) is 2. The van der Waals surface area contributed by atoms with E-state index in [-0.39, 0.29) is 11.8 Å². The summed E-state index contributed by atoms with van der Waals surface area (Å²) in [5.74, 6) is 0.169. The first kappa shape index (κ1) is 12.1. The summed E-state index contributed by atoms with van der Waals surface area (Å²) < 4.78 is 0. The zero-order valence-corrected chi connectivity index (χ0v) is 7.22. The summed E-state index contributed by atoms with van der Waals surface area (Å²) in [4.78, 5) is 10.4. The standard InChI is InChI=1S/C6H13NO.CH5N/c1-4(2)5(3)6(7)8;1-2/h4-5H,1-3H3,(H2,7,8);2H2,1H3/t5-;/m0./s1. The maximum absolute atomic E-state index is 10.4. The molecular formula is C7H18N2O. The van der Waals surface area contributed by atoms with Crippen LogP contribution in [0.3, 0.4) is 0 Å². The summed E-state index contributed by atoms with van der Waals surface area (Å²) >= 11 is 0. The van der Waals surface area contributed by atoms with Crippen molar-refractivity contribution in [3.63, 3.8) is 0 Å². The van der Waals surface area contributed by atoms with Gasteiger partial charge in [0.2, 0.25) is 5.91 Å². The molecule has 4 N–H and O–H groups in total. The Balaban J connectivity index is 0. The van der Waals surface area contributed by atoms with Gasteiger partial charge < -0.3 is 11.5 Å². The molecule has 1 amide bonds. The molecule has 1 atom stereocenters. The Morgan fingerprint density at radius 2 is 1.50 bits per heavy atom. The largest absolute Gasteiger partial charge is 0.369 e. The minimum Gasteiger partial charge on any atom is -0.369 e. The number of primary amides is 1. The Morgan fingerprint density at radius 1 is 1.20 bits per heavy atom. The molecule has 0 heterocycles. The SMILES string of the molecule is CC(C)[C@H](C)C(N)=O.CN. The van der Waals surface area contributed by atoms with E-state index in [1.165, 1.54) is 7.05 Å². The molecule has 0 aromatic heterocycles. The second kappa shape index (κ2) is 6.55. The zero-order chi connectivity index (χ0) is 8.73. The predicted octanol–water partition coefficient (Wildman–Crippen LogP) is 0.339. The van der Waals surface area contributed by atoms with Gasteiger partial charge in [0.05, 0.1) is 0 Å². The van der Waals surface area contributed by atoms with E-state index in [1.807, 2.05) is 20.8 Å². The summed E-state index contributed by atoms with van der Waals surface area (Å²) in [5.41, 5.74) is 9.50. The highest BCUT2D eigenvalue weighted by atomic mass is 16.1. The molecule has 62 valence electrons. The lowest BCUT2D eigenvalue weighted by molar-refractivity contribution is -0.122. The van der Waals surface area contributed by atoms with Crippen LogP contribution in [0.5, 0.6) is 0 Å². The van der Waals surface area contributed by atoms with Gasteiger partial charge in [-0.25, -0.2) is 0 Å². The molecule has 0 spiro atoms. The van der Waals surface area contributed by atoms with E-state index in [4.69, 9.17) is 5.73 Å². The number of amides is 1. The quantitative estimate of drug-likeness (QED) is 0.589. The number of carbonyl (C=O) groups is 1. The van der Waals surface area contributed by atoms with Gasteiger partial charge >= 0.3 is 0 Å². The lowest BCUT2D eigenvalue weighted by Gasteiger charge is -2.09. The molecule has 0 bridgehead atoms. The Bertz CT molecular complexity index is 91.6. The number of carbonyl (C=O) groups excluding carboxylic acids is 1. The summed E-state index contributed by atoms with van der Waals surface area (Å²) in [6, 6.07) is 0. The fourth-order valence-corrected chi connectivity index (χ4v) is 0.329. The molecule has 0 aromatic carbocycles. The summed E-state index contributed by atoms with van der Waals surface area (Å²) in [6.07, 6.45) is 0. The first-order valence-electron chi connectivity index (χ1n) is 3.42. The minimum atomic E-state index is -0.208. The highest BCUT2D eigenvalue weighted by Gasteiger charge is 2.11. The highest BCUT2D eigenvalue weighted by Crippen LogP contribution is 2.06. The summed E-state index contributed by atoms with van der Waals surface area (Å²) in [6.45, 7) is 5.80. The van der Waals surface area contributed by atoms with E-state index >= 15 is 0 Å². The van der Waals surface area contributed by atoms with Crippen molar-refractivity contribution in [1.29, 1.82) is 0 Å². The Morgan fingerprint density at radius 3 is 1.50 bits per heavy atom. The smallest absolute Gasteiger partial charge is 0.220 e. The second-order valence-electron chi connectivity index (χ2n) is 2.44. The first-order chi connectivity index (χ1) is 4.55. The molecule has 3 nitrogen and oxygen atoms in total. The van der Waals surface area contributed by atoms with E-state index in [0.29, 0.717) is 5.92 Å². The number of nitrogens with two attached hydrogens (primary N) is 2. The van der Waals surface area contributed by atoms with Gasteiger partial charge in [0.15, 0.2) is 0 Å². The van der Waals surface area contributed by atoms with E-state index in [1.54, 1.807) is 0 Å². The van der Waals surface area contributed by atoms with Gasteiger partial charge in [-0.3, -0.25) is 4.79 Å². The summed E-state index contributed by atoms with van der Waals surface area (Å²) in [7, 11) is 1.50. The van der Waals surface area contributed by atoms with E-state index in [2.05, 4.69) is 5.73 Å². The van der Waals surface area contributed by atoms with E-state index in [0.717, 1.165) is 0 Å². The van der Waals surface area contributed by atoms with Gasteiger partial charge in [0.25, 0.3) is 0 Å². The van der Waals surface area contributed by atoms with Gasteiger partial charge in [-0.1, -0.05) is 20.8 Å². The molecule has 0 radical (unpaired) electrons. The van der Waals surface area contributed by atoms with Crippen molar-refractivity contribution >= 4 is 5.91 Å². The predicted molar refractivity (Wildman–Crippen MR) is 43.3 cm³/mol. The summed E-state index contributed by atoms with van der Waals surface area (Å²) in [5, 5.41) is 0. The maximum Gasteiger partial charge on any atom is 0.220 e. The molecule has 0 aliphatic carbocycles. The topological polar surface area (TPSA) is 69.1 Å². The van der Waals surface area contributed by atoms with Gasteiger partial charge in [-0.05, 0) is 13.0 Å². The van der Waals surface area contributed by atoms with Gasteiger partial charge in [0, 0.05) is 5.92 Å². The molecular weight excluding hydrogens is 128 g/mol. The average Bonchev–Trinajstić information content (AvgIpc) is 1.90. The molecule has 0 rings (SSSR count). The third-order valence-corrected chi connectivity index (χ3v) is 1.45. The van der Waals surface area contributed by atoms with Crippen LogP contribution >= 0.6 is 0 Å². The molecule has 10 heavy (non-hydrogen) atoms. The molecule has 0 aliphatic rings. The normalized spacial score (nSPS) is 11.8. The molecule has 0 saturated carbocycles. The molecule has 0 saturated heterocycles. The average molecular weight is 146 g/mol. The number of rotatable bonds is 2. The number of hydrogen-bond donors (Lipinski definition) is 2. The Kier molecular flexibility index (Phi) is 7.95. The van der Waals surface area contributed by atoms with Crippen LogP contribution in [0.25, 0.3) is 0 Å². The minimum absolute atomic E-state index is 0.00926. The van der Waals surface area contributed by atoms with Crippen molar-refractivity contribution in [3.05, 3.63) is 0 Å². The van der Waals surface area contributed by atoms with Crippen LogP contribution in [0.2, 0.25) is 0 Å². The Labute approximate surface area is 62.8 Å². The van der Waals surface area contributed by atoms with Crippen LogP contribution in [0.15, 0.2) is 0 Å². The van der Waals surface area contributed by atoms with Gasteiger partial charge in [-0.15, -0.1) is 0 Å². The zero-order valence-electron chi connectivity index (χ0n) is 7.22. The van der Waals surface area contributed by atoms with Crippen molar-refractivity contribution in [3.8, 4) is 0 Å². The monoisotopic (exact) mass is 146 g/mol. The first-order valence-corrected chi connectivity index (χ1v) is 3.42. The van der Waals surface area contributed by atoms with Gasteiger partial charge in [-0.2, -0.15) is 0 Å². The van der Waals surface area contributed by atoms with E-state index < -0.39 is 0 Å². The molecule has 0 fully saturated rings. The van der Waals surface area contributed by atoms with Crippen molar-refractivity contribution in [2.45, 2.75) is 20.8 Å². The van der Waals surface area contributed by atoms with E-state index in [9.17, 15) is 4.79 Å². The van der Waals surface area contributed by atoms with Crippen LogP contribution in [-0.2, 0) is 4.79 Å². The van der Waals surface area contributed by atoms with Crippen LogP contribution < -0.4 is 11.5 Å². The third-order valence-electron chi connectivity index (χ3n) is 1.45. The second-order valence-corrected chi connectivity index (χ2v) is 2.44. The van der Waals surface area contributed by atoms with Crippen molar-refractivity contribution < 1.29 is 4.79 Å². The third kappa shape index (κ3) is 5.56. The lowest BCUT2D eigenvalue weighted by atomic mass is 9.98. The molecule has 0 aliphatic heterocycles. The van der Waals surface area contributed by atoms with Crippen LogP contribution in [0.4, 0.5) is 0 Å².